The summed E-state index contributed by atoms with van der Waals surface area (Å²) in [7, 11) is 0. The summed E-state index contributed by atoms with van der Waals surface area (Å²) in [5.74, 6) is -0.328. The molecule has 2 heterocycles. The molecule has 0 bridgehead atoms. The van der Waals surface area contributed by atoms with Crippen LogP contribution in [-0.4, -0.2) is 18.7 Å². The lowest BCUT2D eigenvalue weighted by atomic mass is 10.2. The van der Waals surface area contributed by atoms with Crippen LogP contribution in [-0.2, 0) is 13.1 Å². The van der Waals surface area contributed by atoms with Crippen molar-refractivity contribution in [2.24, 2.45) is 0 Å². The minimum Gasteiger partial charge on any atom is -0.320 e. The molecule has 0 radical (unpaired) electrons. The van der Waals surface area contributed by atoms with E-state index in [1.165, 1.54) is 29.1 Å². The molecule has 0 aliphatic heterocycles. The van der Waals surface area contributed by atoms with Gasteiger partial charge in [-0.3, -0.25) is 9.36 Å². The third-order valence-electron chi connectivity index (χ3n) is 4.49. The Morgan fingerprint density at radius 1 is 1.04 bits per heavy atom. The molecule has 0 N–H and O–H groups in total. The van der Waals surface area contributed by atoms with Crippen LogP contribution < -0.4 is 11.2 Å². The molecule has 0 aliphatic rings. The highest BCUT2D eigenvalue weighted by Gasteiger charge is 2.18. The van der Waals surface area contributed by atoms with Crippen molar-refractivity contribution in [1.82, 2.24) is 18.7 Å². The number of aromatic nitrogens is 4. The normalized spacial score (nSPS) is 11.0. The highest BCUT2D eigenvalue weighted by molar-refractivity contribution is 5.72. The van der Waals surface area contributed by atoms with Crippen molar-refractivity contribution >= 4 is 11.2 Å². The average molecular weight is 376 g/mol. The van der Waals surface area contributed by atoms with E-state index in [9.17, 15) is 14.0 Å². The number of para-hydroxylation sites is 1. The number of imidazole rings is 1. The number of nitrogens with zero attached hydrogens (tertiary/aromatic N) is 4. The molecule has 7 heteroatoms. The number of hydrogen-bond acceptors (Lipinski definition) is 3. The minimum atomic E-state index is -0.476. The summed E-state index contributed by atoms with van der Waals surface area (Å²) < 4.78 is 17.4. The molecule has 0 saturated carbocycles. The fourth-order valence-electron chi connectivity index (χ4n) is 3.19. The van der Waals surface area contributed by atoms with Gasteiger partial charge in [0.15, 0.2) is 11.2 Å². The summed E-state index contributed by atoms with van der Waals surface area (Å²) in [5, 5.41) is 0. The fourth-order valence-corrected chi connectivity index (χ4v) is 3.19. The lowest BCUT2D eigenvalue weighted by molar-refractivity contribution is 0.626. The summed E-state index contributed by atoms with van der Waals surface area (Å²) >= 11 is 0. The van der Waals surface area contributed by atoms with Crippen molar-refractivity contribution < 1.29 is 4.39 Å². The van der Waals surface area contributed by atoms with E-state index in [1.807, 2.05) is 18.2 Å². The summed E-state index contributed by atoms with van der Waals surface area (Å²) in [6.07, 6.45) is 3.03. The van der Waals surface area contributed by atoms with Crippen LogP contribution in [0, 0.1) is 5.82 Å². The Labute approximate surface area is 159 Å². The maximum Gasteiger partial charge on any atom is 0.337 e. The fraction of sp³-hybridized carbons (Fsp3) is 0.0952. The van der Waals surface area contributed by atoms with Crippen molar-refractivity contribution in [3.05, 3.63) is 106 Å². The van der Waals surface area contributed by atoms with Gasteiger partial charge in [0.05, 0.1) is 12.0 Å². The molecule has 4 rings (SSSR count). The van der Waals surface area contributed by atoms with Gasteiger partial charge >= 0.3 is 5.69 Å². The predicted octanol–water partition coefficient (Wildman–Crippen LogP) is 2.72. The van der Waals surface area contributed by atoms with E-state index in [4.69, 9.17) is 0 Å². The highest BCUT2D eigenvalue weighted by Crippen LogP contribution is 2.14. The Morgan fingerprint density at radius 3 is 2.43 bits per heavy atom. The zero-order valence-electron chi connectivity index (χ0n) is 15.0. The third kappa shape index (κ3) is 2.96. The van der Waals surface area contributed by atoms with Crippen molar-refractivity contribution in [3.8, 4) is 5.69 Å². The molecule has 0 amide bonds. The zero-order chi connectivity index (χ0) is 19.7. The third-order valence-corrected chi connectivity index (χ3v) is 4.49. The van der Waals surface area contributed by atoms with E-state index in [1.54, 1.807) is 28.8 Å². The summed E-state index contributed by atoms with van der Waals surface area (Å²) in [4.78, 5) is 30.4. The number of rotatable bonds is 5. The van der Waals surface area contributed by atoms with Crippen molar-refractivity contribution in [1.29, 1.82) is 0 Å². The lowest BCUT2D eigenvalue weighted by Crippen LogP contribution is -2.39. The molecule has 140 valence electrons. The molecule has 0 fully saturated rings. The number of halogens is 1. The quantitative estimate of drug-likeness (QED) is 0.503. The van der Waals surface area contributed by atoms with Gasteiger partial charge in [0.2, 0.25) is 0 Å². The maximum atomic E-state index is 13.2. The molecular formula is C21H17FN4O2. The van der Waals surface area contributed by atoms with Crippen LogP contribution in [0.4, 0.5) is 4.39 Å². The van der Waals surface area contributed by atoms with Crippen LogP contribution in [0.15, 0.2) is 83.2 Å². The molecule has 2 aromatic carbocycles. The Hall–Kier alpha value is -3.74. The van der Waals surface area contributed by atoms with Crippen LogP contribution in [0.5, 0.6) is 0 Å². The molecule has 0 unspecified atom stereocenters. The molecule has 6 nitrogen and oxygen atoms in total. The second-order valence-electron chi connectivity index (χ2n) is 6.33. The average Bonchev–Trinajstić information content (AvgIpc) is 3.11. The van der Waals surface area contributed by atoms with Gasteiger partial charge in [0.25, 0.3) is 5.56 Å². The number of hydrogen-bond donors (Lipinski definition) is 0. The molecule has 0 saturated heterocycles. The topological polar surface area (TPSA) is 61.8 Å². The largest absolute Gasteiger partial charge is 0.337 e. The van der Waals surface area contributed by atoms with Gasteiger partial charge in [-0.1, -0.05) is 36.4 Å². The minimum absolute atomic E-state index is 0.0855. The van der Waals surface area contributed by atoms with Gasteiger partial charge in [0.1, 0.15) is 5.82 Å². The first kappa shape index (κ1) is 17.7. The molecule has 2 aromatic heterocycles. The molecule has 28 heavy (non-hydrogen) atoms. The van der Waals surface area contributed by atoms with E-state index in [2.05, 4.69) is 11.6 Å². The van der Waals surface area contributed by atoms with E-state index in [-0.39, 0.29) is 18.0 Å². The Kier molecular flexibility index (Phi) is 4.49. The summed E-state index contributed by atoms with van der Waals surface area (Å²) in [5.41, 5.74) is 1.09. The lowest BCUT2D eigenvalue weighted by Gasteiger charge is -2.11. The van der Waals surface area contributed by atoms with Crippen LogP contribution >= 0.6 is 0 Å². The van der Waals surface area contributed by atoms with Crippen LogP contribution in [0.25, 0.3) is 16.9 Å². The van der Waals surface area contributed by atoms with Crippen LogP contribution in [0.1, 0.15) is 5.56 Å². The standard InChI is InChI=1S/C21H17FN4O2/c1-2-12-25-20(27)18-19(26(21(25)28)17-6-4-3-5-7-17)23-14-24(18)13-15-8-10-16(22)11-9-15/h2-11,14H,1,12-13H2. The van der Waals surface area contributed by atoms with Crippen LogP contribution in [0.3, 0.4) is 0 Å². The first-order chi connectivity index (χ1) is 13.6. The monoisotopic (exact) mass is 376 g/mol. The number of benzene rings is 2. The van der Waals surface area contributed by atoms with E-state index >= 15 is 0 Å². The van der Waals surface area contributed by atoms with Gasteiger partial charge < -0.3 is 4.57 Å². The van der Waals surface area contributed by atoms with Gasteiger partial charge in [-0.05, 0) is 29.8 Å². The van der Waals surface area contributed by atoms with Crippen LogP contribution in [0.2, 0.25) is 0 Å². The predicted molar refractivity (Wildman–Crippen MR) is 105 cm³/mol. The number of fused-ring (bicyclic) bond motifs is 1. The molecule has 4 aromatic rings. The first-order valence-corrected chi connectivity index (χ1v) is 8.71. The highest BCUT2D eigenvalue weighted by atomic mass is 19.1. The van der Waals surface area contributed by atoms with Gasteiger partial charge in [-0.15, -0.1) is 6.58 Å². The molecule has 0 atom stereocenters. The van der Waals surface area contributed by atoms with E-state index < -0.39 is 11.2 Å². The second kappa shape index (κ2) is 7.11. The Balaban J connectivity index is 1.99. The smallest absolute Gasteiger partial charge is 0.320 e. The molecule has 0 aliphatic carbocycles. The van der Waals surface area contributed by atoms with Crippen molar-refractivity contribution in [3.63, 3.8) is 0 Å². The first-order valence-electron chi connectivity index (χ1n) is 8.71. The number of allylic oxidation sites excluding steroid dienone is 1. The second-order valence-corrected chi connectivity index (χ2v) is 6.33. The van der Waals surface area contributed by atoms with E-state index in [0.717, 1.165) is 10.1 Å². The SMILES string of the molecule is C=CCn1c(=O)c2c(ncn2Cc2ccc(F)cc2)n(-c2ccccc2)c1=O. The van der Waals surface area contributed by atoms with Crippen molar-refractivity contribution in [2.75, 3.05) is 0 Å². The molecular weight excluding hydrogens is 359 g/mol. The summed E-state index contributed by atoms with van der Waals surface area (Å²) in [6, 6.07) is 15.1. The van der Waals surface area contributed by atoms with E-state index in [0.29, 0.717) is 17.7 Å². The Bertz CT molecular complexity index is 1270. The summed E-state index contributed by atoms with van der Waals surface area (Å²) in [6.45, 7) is 4.05. The maximum absolute atomic E-state index is 13.2. The van der Waals surface area contributed by atoms with Gasteiger partial charge in [-0.2, -0.15) is 0 Å². The van der Waals surface area contributed by atoms with Gasteiger partial charge in [0, 0.05) is 13.1 Å². The Morgan fingerprint density at radius 2 is 1.75 bits per heavy atom. The molecule has 0 spiro atoms. The van der Waals surface area contributed by atoms with Crippen molar-refractivity contribution in [2.45, 2.75) is 13.1 Å². The van der Waals surface area contributed by atoms with Gasteiger partial charge in [-0.25, -0.2) is 18.7 Å². The zero-order valence-corrected chi connectivity index (χ0v) is 15.0.